The van der Waals surface area contributed by atoms with Crippen molar-refractivity contribution in [3.63, 3.8) is 0 Å². The Hall–Kier alpha value is -0.760. The molecule has 0 spiro atoms. The average Bonchev–Trinajstić information content (AvgIpc) is 2.50. The summed E-state index contributed by atoms with van der Waals surface area (Å²) in [6.45, 7) is 6.27. The summed E-state index contributed by atoms with van der Waals surface area (Å²) < 4.78 is 5.53. The molecular formula is C10H17NO. The van der Waals surface area contributed by atoms with Crippen molar-refractivity contribution in [1.29, 1.82) is 0 Å². The molecule has 1 rings (SSSR count). The van der Waals surface area contributed by atoms with Gasteiger partial charge in [-0.25, -0.2) is 0 Å². The second kappa shape index (κ2) is 3.76. The summed E-state index contributed by atoms with van der Waals surface area (Å²) in [5.41, 5.74) is 5.91. The van der Waals surface area contributed by atoms with Gasteiger partial charge in [-0.05, 0) is 18.1 Å². The molecule has 1 aromatic heterocycles. The minimum absolute atomic E-state index is 0.0327. The molecule has 0 radical (unpaired) electrons. The van der Waals surface area contributed by atoms with Crippen molar-refractivity contribution < 1.29 is 4.42 Å². The van der Waals surface area contributed by atoms with Crippen LogP contribution in [0.5, 0.6) is 0 Å². The van der Waals surface area contributed by atoms with Gasteiger partial charge < -0.3 is 10.2 Å². The van der Waals surface area contributed by atoms with Gasteiger partial charge in [-0.1, -0.05) is 20.8 Å². The van der Waals surface area contributed by atoms with Gasteiger partial charge in [0.25, 0.3) is 0 Å². The molecule has 0 fully saturated rings. The van der Waals surface area contributed by atoms with Gasteiger partial charge in [0, 0.05) is 6.42 Å². The van der Waals surface area contributed by atoms with Crippen LogP contribution in [0.3, 0.4) is 0 Å². The molecule has 1 heterocycles. The second-order valence-electron chi connectivity index (χ2n) is 3.43. The molecule has 1 atom stereocenters. The third-order valence-corrected chi connectivity index (χ3v) is 2.08. The molecule has 0 aliphatic carbocycles. The average molecular weight is 167 g/mol. The van der Waals surface area contributed by atoms with Crippen molar-refractivity contribution in [3.8, 4) is 0 Å². The van der Waals surface area contributed by atoms with Crippen LogP contribution in [0, 0.1) is 5.92 Å². The SMILES string of the molecule is CCc1ccc([C@@H](N)C(C)C)o1. The zero-order chi connectivity index (χ0) is 9.14. The molecule has 68 valence electrons. The molecular weight excluding hydrogens is 150 g/mol. The van der Waals surface area contributed by atoms with Crippen LogP contribution in [-0.4, -0.2) is 0 Å². The summed E-state index contributed by atoms with van der Waals surface area (Å²) >= 11 is 0. The molecule has 0 aliphatic rings. The largest absolute Gasteiger partial charge is 0.464 e. The van der Waals surface area contributed by atoms with E-state index in [2.05, 4.69) is 20.8 Å². The molecule has 1 aromatic rings. The Morgan fingerprint density at radius 1 is 1.42 bits per heavy atom. The maximum absolute atomic E-state index is 5.91. The summed E-state index contributed by atoms with van der Waals surface area (Å²) in [6, 6.07) is 4.01. The summed E-state index contributed by atoms with van der Waals surface area (Å²) in [6.07, 6.45) is 0.935. The quantitative estimate of drug-likeness (QED) is 0.751. The van der Waals surface area contributed by atoms with Crippen molar-refractivity contribution >= 4 is 0 Å². The number of hydrogen-bond donors (Lipinski definition) is 1. The van der Waals surface area contributed by atoms with E-state index < -0.39 is 0 Å². The maximum Gasteiger partial charge on any atom is 0.121 e. The Bertz CT molecular complexity index is 240. The van der Waals surface area contributed by atoms with Gasteiger partial charge >= 0.3 is 0 Å². The molecule has 0 bridgehead atoms. The summed E-state index contributed by atoms with van der Waals surface area (Å²) in [5, 5.41) is 0. The van der Waals surface area contributed by atoms with Crippen LogP contribution in [-0.2, 0) is 6.42 Å². The van der Waals surface area contributed by atoms with Crippen LogP contribution in [0.4, 0.5) is 0 Å². The van der Waals surface area contributed by atoms with Crippen LogP contribution >= 0.6 is 0 Å². The highest BCUT2D eigenvalue weighted by Crippen LogP contribution is 2.21. The van der Waals surface area contributed by atoms with E-state index in [4.69, 9.17) is 10.2 Å². The molecule has 2 nitrogen and oxygen atoms in total. The first-order valence-corrected chi connectivity index (χ1v) is 4.49. The molecule has 2 N–H and O–H groups in total. The van der Waals surface area contributed by atoms with Crippen molar-refractivity contribution in [2.75, 3.05) is 0 Å². The minimum atomic E-state index is 0.0327. The maximum atomic E-state index is 5.91. The van der Waals surface area contributed by atoms with E-state index in [1.54, 1.807) is 0 Å². The fourth-order valence-corrected chi connectivity index (χ4v) is 1.09. The van der Waals surface area contributed by atoms with Gasteiger partial charge in [-0.3, -0.25) is 0 Å². The fraction of sp³-hybridized carbons (Fsp3) is 0.600. The number of aryl methyl sites for hydroxylation is 1. The molecule has 12 heavy (non-hydrogen) atoms. The van der Waals surface area contributed by atoms with Gasteiger partial charge in [0.1, 0.15) is 11.5 Å². The predicted octanol–water partition coefficient (Wildman–Crippen LogP) is 2.50. The van der Waals surface area contributed by atoms with Crippen LogP contribution in [0.25, 0.3) is 0 Å². The Balaban J connectivity index is 2.74. The second-order valence-corrected chi connectivity index (χ2v) is 3.43. The van der Waals surface area contributed by atoms with Crippen molar-refractivity contribution in [2.24, 2.45) is 11.7 Å². The number of rotatable bonds is 3. The first-order chi connectivity index (χ1) is 5.65. The van der Waals surface area contributed by atoms with Crippen LogP contribution in [0.1, 0.15) is 38.3 Å². The van der Waals surface area contributed by atoms with Gasteiger partial charge in [-0.2, -0.15) is 0 Å². The Morgan fingerprint density at radius 2 is 2.08 bits per heavy atom. The first kappa shape index (κ1) is 9.33. The van der Waals surface area contributed by atoms with Gasteiger partial charge in [0.15, 0.2) is 0 Å². The highest BCUT2D eigenvalue weighted by atomic mass is 16.3. The molecule has 0 aromatic carbocycles. The molecule has 0 saturated carbocycles. The lowest BCUT2D eigenvalue weighted by Crippen LogP contribution is -2.15. The molecule has 2 heteroatoms. The summed E-state index contributed by atoms with van der Waals surface area (Å²) in [5.74, 6) is 2.35. The van der Waals surface area contributed by atoms with E-state index in [9.17, 15) is 0 Å². The third kappa shape index (κ3) is 1.89. The lowest BCUT2D eigenvalue weighted by Gasteiger charge is -2.11. The van der Waals surface area contributed by atoms with E-state index >= 15 is 0 Å². The lowest BCUT2D eigenvalue weighted by atomic mass is 10.0. The zero-order valence-electron chi connectivity index (χ0n) is 8.00. The van der Waals surface area contributed by atoms with Gasteiger partial charge in [-0.15, -0.1) is 0 Å². The van der Waals surface area contributed by atoms with Crippen LogP contribution < -0.4 is 5.73 Å². The topological polar surface area (TPSA) is 39.2 Å². The molecule has 0 amide bonds. The van der Waals surface area contributed by atoms with E-state index in [1.807, 2.05) is 12.1 Å². The first-order valence-electron chi connectivity index (χ1n) is 4.49. The van der Waals surface area contributed by atoms with Crippen LogP contribution in [0.2, 0.25) is 0 Å². The Labute approximate surface area is 73.8 Å². The highest BCUT2D eigenvalue weighted by Gasteiger charge is 2.13. The smallest absolute Gasteiger partial charge is 0.121 e. The van der Waals surface area contributed by atoms with Crippen molar-refractivity contribution in [1.82, 2.24) is 0 Å². The van der Waals surface area contributed by atoms with E-state index in [-0.39, 0.29) is 6.04 Å². The van der Waals surface area contributed by atoms with Gasteiger partial charge in [0.2, 0.25) is 0 Å². The number of nitrogens with two attached hydrogens (primary N) is 1. The van der Waals surface area contributed by atoms with Crippen molar-refractivity contribution in [3.05, 3.63) is 23.7 Å². The summed E-state index contributed by atoms with van der Waals surface area (Å²) in [4.78, 5) is 0. The van der Waals surface area contributed by atoms with E-state index in [0.717, 1.165) is 17.9 Å². The standard InChI is InChI=1S/C10H17NO/c1-4-8-5-6-9(12-8)10(11)7(2)3/h5-7,10H,4,11H2,1-3H3/t10-/m0/s1. The third-order valence-electron chi connectivity index (χ3n) is 2.08. The Morgan fingerprint density at radius 3 is 2.50 bits per heavy atom. The lowest BCUT2D eigenvalue weighted by molar-refractivity contribution is 0.385. The highest BCUT2D eigenvalue weighted by molar-refractivity contribution is 5.10. The van der Waals surface area contributed by atoms with E-state index in [1.165, 1.54) is 0 Å². The Kier molecular flexibility index (Phi) is 2.93. The monoisotopic (exact) mass is 167 g/mol. The zero-order valence-corrected chi connectivity index (χ0v) is 8.00. The van der Waals surface area contributed by atoms with Crippen molar-refractivity contribution in [2.45, 2.75) is 33.2 Å². The predicted molar refractivity (Wildman–Crippen MR) is 49.9 cm³/mol. The summed E-state index contributed by atoms with van der Waals surface area (Å²) in [7, 11) is 0. The molecule has 0 unspecified atom stereocenters. The normalized spacial score (nSPS) is 13.8. The fourth-order valence-electron chi connectivity index (χ4n) is 1.09. The molecule has 0 aliphatic heterocycles. The number of furan rings is 1. The van der Waals surface area contributed by atoms with E-state index in [0.29, 0.717) is 5.92 Å². The minimum Gasteiger partial charge on any atom is -0.464 e. The molecule has 0 saturated heterocycles. The number of hydrogen-bond acceptors (Lipinski definition) is 2. The van der Waals surface area contributed by atoms with Crippen LogP contribution in [0.15, 0.2) is 16.5 Å². The van der Waals surface area contributed by atoms with Gasteiger partial charge in [0.05, 0.1) is 6.04 Å².